The van der Waals surface area contributed by atoms with E-state index in [1.807, 2.05) is 26.0 Å². The number of aryl methyl sites for hydroxylation is 2. The van der Waals surface area contributed by atoms with E-state index >= 15 is 4.39 Å². The summed E-state index contributed by atoms with van der Waals surface area (Å²) in [5.74, 6) is 0.425. The highest BCUT2D eigenvalue weighted by atomic mass is 19.1. The number of benzene rings is 2. The van der Waals surface area contributed by atoms with Crippen LogP contribution in [0.1, 0.15) is 31.2 Å². The molecule has 7 rings (SSSR count). The van der Waals surface area contributed by atoms with Gasteiger partial charge in [0, 0.05) is 55.3 Å². The van der Waals surface area contributed by atoms with Crippen LogP contribution < -0.4 is 4.90 Å². The van der Waals surface area contributed by atoms with Crippen molar-refractivity contribution in [3.05, 3.63) is 59.6 Å². The lowest BCUT2D eigenvalue weighted by molar-refractivity contribution is 0.154. The van der Waals surface area contributed by atoms with Crippen molar-refractivity contribution >= 4 is 27.5 Å². The summed E-state index contributed by atoms with van der Waals surface area (Å²) in [6.45, 7) is 7.44. The van der Waals surface area contributed by atoms with Crippen molar-refractivity contribution in [3.8, 4) is 11.3 Å². The molecule has 37 heavy (non-hydrogen) atoms. The number of hydrogen-bond acceptors (Lipinski definition) is 6. The summed E-state index contributed by atoms with van der Waals surface area (Å²) in [7, 11) is 0. The first-order valence-corrected chi connectivity index (χ1v) is 13.2. The van der Waals surface area contributed by atoms with Crippen LogP contribution >= 0.6 is 0 Å². The number of epoxide rings is 1. The monoisotopic (exact) mass is 501 g/mol. The third-order valence-corrected chi connectivity index (χ3v) is 8.10. The molecule has 6 nitrogen and oxygen atoms in total. The SMILES string of the molecule is CCc1nc(N2CC3CCC(C2)N3CC2CO2)c2cnc(-c3cc(C)cc4cccc(F)c34)c(F)c2n1. The van der Waals surface area contributed by atoms with Gasteiger partial charge in [0.1, 0.15) is 28.7 Å². The zero-order chi connectivity index (χ0) is 25.3. The Hall–Kier alpha value is -3.23. The third kappa shape index (κ3) is 3.85. The molecule has 0 amide bonds. The lowest BCUT2D eigenvalue weighted by Crippen LogP contribution is -2.55. The van der Waals surface area contributed by atoms with Gasteiger partial charge in [-0.05, 0) is 42.8 Å². The van der Waals surface area contributed by atoms with Crippen LogP contribution in [0.4, 0.5) is 14.6 Å². The molecule has 0 radical (unpaired) electrons. The molecule has 2 aromatic carbocycles. The Labute approximate surface area is 214 Å². The third-order valence-electron chi connectivity index (χ3n) is 8.10. The second kappa shape index (κ2) is 8.67. The summed E-state index contributed by atoms with van der Waals surface area (Å²) in [4.78, 5) is 18.9. The zero-order valence-electron chi connectivity index (χ0n) is 21.0. The predicted octanol–water partition coefficient (Wildman–Crippen LogP) is 5.05. The highest BCUT2D eigenvalue weighted by Crippen LogP contribution is 2.38. The minimum atomic E-state index is -0.529. The molecule has 3 aliphatic rings. The van der Waals surface area contributed by atoms with Crippen LogP contribution in [0.2, 0.25) is 0 Å². The van der Waals surface area contributed by atoms with Gasteiger partial charge in [0.25, 0.3) is 0 Å². The number of anilines is 1. The molecule has 3 atom stereocenters. The van der Waals surface area contributed by atoms with E-state index in [9.17, 15) is 4.39 Å². The quantitative estimate of drug-likeness (QED) is 0.357. The van der Waals surface area contributed by atoms with Gasteiger partial charge in [-0.15, -0.1) is 0 Å². The van der Waals surface area contributed by atoms with Gasteiger partial charge in [-0.1, -0.05) is 25.1 Å². The molecule has 4 aromatic rings. The molecular formula is C29H29F2N5O. The van der Waals surface area contributed by atoms with Crippen molar-refractivity contribution in [3.63, 3.8) is 0 Å². The van der Waals surface area contributed by atoms with Gasteiger partial charge >= 0.3 is 0 Å². The number of fused-ring (bicyclic) bond motifs is 4. The highest BCUT2D eigenvalue weighted by Gasteiger charge is 2.43. The Morgan fingerprint density at radius 1 is 1.08 bits per heavy atom. The maximum Gasteiger partial charge on any atom is 0.175 e. The molecule has 3 aliphatic heterocycles. The molecule has 5 heterocycles. The number of rotatable bonds is 5. The van der Waals surface area contributed by atoms with Crippen LogP contribution in [-0.4, -0.2) is 64.3 Å². The Kier molecular flexibility index (Phi) is 5.37. The Morgan fingerprint density at radius 2 is 1.86 bits per heavy atom. The lowest BCUT2D eigenvalue weighted by Gasteiger charge is -2.41. The van der Waals surface area contributed by atoms with E-state index in [-0.39, 0.29) is 11.2 Å². The molecule has 3 fully saturated rings. The van der Waals surface area contributed by atoms with Gasteiger partial charge in [0.2, 0.25) is 0 Å². The number of pyridine rings is 1. The van der Waals surface area contributed by atoms with Crippen molar-refractivity contribution in [2.75, 3.05) is 31.1 Å². The first kappa shape index (κ1) is 22.9. The average Bonchev–Trinajstić information content (AvgIpc) is 3.68. The predicted molar refractivity (Wildman–Crippen MR) is 140 cm³/mol. The summed E-state index contributed by atoms with van der Waals surface area (Å²) >= 11 is 0. The van der Waals surface area contributed by atoms with Gasteiger partial charge in [0.05, 0.1) is 18.1 Å². The highest BCUT2D eigenvalue weighted by molar-refractivity contribution is 5.99. The molecule has 2 bridgehead atoms. The molecule has 2 aromatic heterocycles. The fourth-order valence-electron chi connectivity index (χ4n) is 6.26. The number of nitrogens with zero attached hydrogens (tertiary/aromatic N) is 5. The van der Waals surface area contributed by atoms with E-state index in [4.69, 9.17) is 9.72 Å². The fraction of sp³-hybridized carbons (Fsp3) is 0.414. The van der Waals surface area contributed by atoms with Crippen molar-refractivity contribution in [2.24, 2.45) is 0 Å². The summed E-state index contributed by atoms with van der Waals surface area (Å²) in [5, 5.41) is 1.70. The smallest absolute Gasteiger partial charge is 0.175 e. The first-order chi connectivity index (χ1) is 18.0. The van der Waals surface area contributed by atoms with Crippen LogP contribution in [0, 0.1) is 18.6 Å². The van der Waals surface area contributed by atoms with Crippen LogP contribution in [0.25, 0.3) is 32.9 Å². The lowest BCUT2D eigenvalue weighted by atomic mass is 9.97. The molecule has 8 heteroatoms. The topological polar surface area (TPSA) is 57.7 Å². The molecule has 0 aliphatic carbocycles. The average molecular weight is 502 g/mol. The Balaban J connectivity index is 1.34. The molecule has 0 spiro atoms. The Morgan fingerprint density at radius 3 is 2.59 bits per heavy atom. The standard InChI is InChI=1S/C29H29F2N5O/c1-3-24-33-28-22(29(34-24)35-12-18-7-8-19(13-35)36(18)14-20-15-37-20)11-32-27(26(28)31)21-10-16(2)9-17-5-4-6-23(30)25(17)21/h4-6,9-11,18-20H,3,7-8,12-15H2,1-2H3. The van der Waals surface area contributed by atoms with E-state index < -0.39 is 11.6 Å². The van der Waals surface area contributed by atoms with E-state index in [2.05, 4.69) is 19.8 Å². The number of hydrogen-bond donors (Lipinski definition) is 0. The summed E-state index contributed by atoms with van der Waals surface area (Å²) in [5.41, 5.74) is 1.72. The van der Waals surface area contributed by atoms with Gasteiger partial charge in [-0.3, -0.25) is 9.88 Å². The van der Waals surface area contributed by atoms with E-state index in [0.717, 1.165) is 55.9 Å². The summed E-state index contributed by atoms with van der Waals surface area (Å²) in [6.07, 6.45) is 4.94. The summed E-state index contributed by atoms with van der Waals surface area (Å²) in [6, 6.07) is 9.49. The zero-order valence-corrected chi connectivity index (χ0v) is 21.0. The Bertz CT molecular complexity index is 1520. The number of piperazine rings is 1. The van der Waals surface area contributed by atoms with Crippen molar-refractivity contribution in [1.29, 1.82) is 0 Å². The first-order valence-electron chi connectivity index (χ1n) is 13.2. The van der Waals surface area contributed by atoms with Crippen molar-refractivity contribution in [1.82, 2.24) is 19.9 Å². The largest absolute Gasteiger partial charge is 0.372 e. The molecule has 0 N–H and O–H groups in total. The maximum atomic E-state index is 16.3. The van der Waals surface area contributed by atoms with Crippen molar-refractivity contribution in [2.45, 2.75) is 51.3 Å². The van der Waals surface area contributed by atoms with Crippen LogP contribution in [-0.2, 0) is 11.2 Å². The number of ether oxygens (including phenoxy) is 1. The second-order valence-corrected chi connectivity index (χ2v) is 10.6. The van der Waals surface area contributed by atoms with Gasteiger partial charge in [-0.25, -0.2) is 18.7 Å². The van der Waals surface area contributed by atoms with Crippen molar-refractivity contribution < 1.29 is 13.5 Å². The minimum absolute atomic E-state index is 0.118. The van der Waals surface area contributed by atoms with E-state index in [1.165, 1.54) is 6.07 Å². The molecule has 3 saturated heterocycles. The molecule has 3 unspecified atom stereocenters. The number of aromatic nitrogens is 3. The van der Waals surface area contributed by atoms with Crippen LogP contribution in [0.3, 0.4) is 0 Å². The van der Waals surface area contributed by atoms with E-state index in [0.29, 0.717) is 46.8 Å². The number of halogens is 2. The maximum absolute atomic E-state index is 16.3. The van der Waals surface area contributed by atoms with Gasteiger partial charge < -0.3 is 9.64 Å². The normalized spacial score (nSPS) is 23.4. The van der Waals surface area contributed by atoms with Crippen LogP contribution in [0.5, 0.6) is 0 Å². The van der Waals surface area contributed by atoms with E-state index in [1.54, 1.807) is 18.3 Å². The minimum Gasteiger partial charge on any atom is -0.372 e. The molecule has 190 valence electrons. The molecule has 0 saturated carbocycles. The van der Waals surface area contributed by atoms with Crippen LogP contribution in [0.15, 0.2) is 36.5 Å². The second-order valence-electron chi connectivity index (χ2n) is 10.6. The fourth-order valence-corrected chi connectivity index (χ4v) is 6.26. The summed E-state index contributed by atoms with van der Waals surface area (Å²) < 4.78 is 36.7. The van der Waals surface area contributed by atoms with Gasteiger partial charge in [-0.2, -0.15) is 0 Å². The molecular weight excluding hydrogens is 472 g/mol. The van der Waals surface area contributed by atoms with Gasteiger partial charge in [0.15, 0.2) is 5.82 Å².